The third-order valence-corrected chi connectivity index (χ3v) is 6.62. The van der Waals surface area contributed by atoms with Crippen LogP contribution in [0.4, 0.5) is 0 Å². The molecule has 1 atom stereocenters. The summed E-state index contributed by atoms with van der Waals surface area (Å²) in [5, 5.41) is 8.42. The van der Waals surface area contributed by atoms with E-state index in [0.29, 0.717) is 22.2 Å². The van der Waals surface area contributed by atoms with E-state index in [-0.39, 0.29) is 10.8 Å². The van der Waals surface area contributed by atoms with Gasteiger partial charge in [-0.25, -0.2) is 9.97 Å². The summed E-state index contributed by atoms with van der Waals surface area (Å²) >= 11 is 2.99. The smallest absolute Gasteiger partial charge is 0.259 e. The topological polar surface area (TPSA) is 96.6 Å². The number of ether oxygens (including phenoxy) is 1. The molecule has 1 aromatic carbocycles. The van der Waals surface area contributed by atoms with Crippen LogP contribution in [0.15, 0.2) is 34.2 Å². The van der Waals surface area contributed by atoms with Gasteiger partial charge < -0.3 is 9.72 Å². The Balaban J connectivity index is 1.57. The van der Waals surface area contributed by atoms with Gasteiger partial charge >= 0.3 is 0 Å². The summed E-state index contributed by atoms with van der Waals surface area (Å²) in [4.78, 5) is 26.5. The first-order chi connectivity index (χ1) is 13.5. The third kappa shape index (κ3) is 3.43. The van der Waals surface area contributed by atoms with Crippen molar-refractivity contribution in [2.24, 2.45) is 0 Å². The molecule has 0 aliphatic carbocycles. The molecule has 0 unspecified atom stereocenters. The Hall–Kier alpha value is -2.65. The number of aromatic amines is 2. The number of aromatic nitrogens is 5. The lowest BCUT2D eigenvalue weighted by Gasteiger charge is -2.07. The van der Waals surface area contributed by atoms with Gasteiger partial charge in [0.1, 0.15) is 16.4 Å². The predicted octanol–water partition coefficient (Wildman–Crippen LogP) is 4.25. The van der Waals surface area contributed by atoms with Crippen LogP contribution >= 0.6 is 23.1 Å². The van der Waals surface area contributed by atoms with Crippen LogP contribution in [0.3, 0.4) is 0 Å². The molecule has 0 fully saturated rings. The molecule has 0 amide bonds. The van der Waals surface area contributed by atoms with Crippen molar-refractivity contribution in [1.29, 1.82) is 0 Å². The number of fused-ring (bicyclic) bond motifs is 1. The number of hydrogen-bond donors (Lipinski definition) is 2. The average Bonchev–Trinajstić information content (AvgIpc) is 3.26. The minimum atomic E-state index is -0.0978. The lowest BCUT2D eigenvalue weighted by molar-refractivity contribution is 0.415. The summed E-state index contributed by atoms with van der Waals surface area (Å²) < 4.78 is 5.18. The van der Waals surface area contributed by atoms with Crippen molar-refractivity contribution >= 4 is 33.3 Å². The van der Waals surface area contributed by atoms with E-state index < -0.39 is 0 Å². The normalized spacial score (nSPS) is 12.4. The van der Waals surface area contributed by atoms with Crippen LogP contribution in [0.2, 0.25) is 0 Å². The zero-order valence-corrected chi connectivity index (χ0v) is 17.5. The summed E-state index contributed by atoms with van der Waals surface area (Å²) in [7, 11) is 1.63. The molecule has 0 aliphatic rings. The lowest BCUT2D eigenvalue weighted by atomic mass is 10.2. The Bertz CT molecular complexity index is 1190. The van der Waals surface area contributed by atoms with Crippen molar-refractivity contribution in [2.75, 3.05) is 7.11 Å². The van der Waals surface area contributed by atoms with Gasteiger partial charge in [0, 0.05) is 10.4 Å². The minimum Gasteiger partial charge on any atom is -0.497 e. The van der Waals surface area contributed by atoms with Crippen molar-refractivity contribution in [3.8, 4) is 17.1 Å². The SMILES string of the molecule is COc1ccc(-c2nc(S[C@@H](C)c3nc4sc(C)c(C)c4c(=O)[nH]3)n[nH]2)cc1. The molecule has 9 heteroatoms. The van der Waals surface area contributed by atoms with E-state index in [1.54, 1.807) is 18.4 Å². The highest BCUT2D eigenvalue weighted by Gasteiger charge is 2.18. The molecule has 0 spiro atoms. The van der Waals surface area contributed by atoms with Crippen LogP contribution in [0.1, 0.15) is 28.4 Å². The first-order valence-corrected chi connectivity index (χ1v) is 10.4. The van der Waals surface area contributed by atoms with E-state index >= 15 is 0 Å². The van der Waals surface area contributed by atoms with Gasteiger partial charge in [0.15, 0.2) is 5.82 Å². The average molecular weight is 414 g/mol. The van der Waals surface area contributed by atoms with Gasteiger partial charge in [-0.15, -0.1) is 16.4 Å². The number of hydrogen-bond acceptors (Lipinski definition) is 7. The first-order valence-electron chi connectivity index (χ1n) is 8.69. The van der Waals surface area contributed by atoms with Crippen molar-refractivity contribution in [1.82, 2.24) is 25.1 Å². The fourth-order valence-corrected chi connectivity index (χ4v) is 4.67. The summed E-state index contributed by atoms with van der Waals surface area (Å²) in [6.07, 6.45) is 0. The summed E-state index contributed by atoms with van der Waals surface area (Å²) in [6.45, 7) is 5.94. The quantitative estimate of drug-likeness (QED) is 0.475. The van der Waals surface area contributed by atoms with Crippen molar-refractivity contribution in [3.63, 3.8) is 0 Å². The number of nitrogens with zero attached hydrogens (tertiary/aromatic N) is 3. The largest absolute Gasteiger partial charge is 0.497 e. The number of H-pyrrole nitrogens is 2. The van der Waals surface area contributed by atoms with E-state index in [4.69, 9.17) is 4.74 Å². The summed E-state index contributed by atoms with van der Waals surface area (Å²) in [6, 6.07) is 7.60. The molecule has 4 rings (SSSR count). The second-order valence-corrected chi connectivity index (χ2v) is 8.88. The van der Waals surface area contributed by atoms with Crippen LogP contribution in [-0.4, -0.2) is 32.3 Å². The van der Waals surface area contributed by atoms with E-state index in [1.807, 2.05) is 45.0 Å². The molecule has 4 aromatic rings. The second kappa shape index (κ2) is 7.40. The number of rotatable bonds is 5. The van der Waals surface area contributed by atoms with Crippen LogP contribution in [0.25, 0.3) is 21.6 Å². The Morgan fingerprint density at radius 1 is 1.18 bits per heavy atom. The van der Waals surface area contributed by atoms with Crippen molar-refractivity contribution in [3.05, 3.63) is 50.9 Å². The zero-order chi connectivity index (χ0) is 19.8. The predicted molar refractivity (Wildman–Crippen MR) is 112 cm³/mol. The molecular formula is C19H19N5O2S2. The van der Waals surface area contributed by atoms with Crippen LogP contribution in [0, 0.1) is 13.8 Å². The van der Waals surface area contributed by atoms with Gasteiger partial charge in [-0.3, -0.25) is 9.89 Å². The lowest BCUT2D eigenvalue weighted by Crippen LogP contribution is -2.12. The number of benzene rings is 1. The van der Waals surface area contributed by atoms with E-state index in [0.717, 1.165) is 26.6 Å². The molecule has 144 valence electrons. The number of methoxy groups -OCH3 is 1. The number of aryl methyl sites for hydroxylation is 2. The molecule has 2 N–H and O–H groups in total. The van der Waals surface area contributed by atoms with Crippen LogP contribution in [-0.2, 0) is 0 Å². The van der Waals surface area contributed by atoms with Crippen LogP contribution < -0.4 is 10.3 Å². The van der Waals surface area contributed by atoms with Crippen LogP contribution in [0.5, 0.6) is 5.75 Å². The Labute approximate surface area is 169 Å². The van der Waals surface area contributed by atoms with Gasteiger partial charge in [-0.05, 0) is 50.6 Å². The molecule has 0 bridgehead atoms. The monoisotopic (exact) mass is 413 g/mol. The highest BCUT2D eigenvalue weighted by molar-refractivity contribution is 7.99. The minimum absolute atomic E-state index is 0.0943. The molecule has 7 nitrogen and oxygen atoms in total. The fourth-order valence-electron chi connectivity index (χ4n) is 2.85. The molecular weight excluding hydrogens is 394 g/mol. The molecule has 3 aromatic heterocycles. The number of thiophene rings is 1. The Morgan fingerprint density at radius 2 is 1.93 bits per heavy atom. The second-order valence-electron chi connectivity index (χ2n) is 6.37. The first kappa shape index (κ1) is 18.7. The maximum absolute atomic E-state index is 12.5. The van der Waals surface area contributed by atoms with Gasteiger partial charge in [-0.2, -0.15) is 0 Å². The molecule has 0 saturated carbocycles. The third-order valence-electron chi connectivity index (χ3n) is 4.55. The molecule has 0 aliphatic heterocycles. The highest BCUT2D eigenvalue weighted by Crippen LogP contribution is 2.33. The fraction of sp³-hybridized carbons (Fsp3) is 0.263. The maximum Gasteiger partial charge on any atom is 0.259 e. The van der Waals surface area contributed by atoms with Gasteiger partial charge in [0.05, 0.1) is 17.7 Å². The van der Waals surface area contributed by atoms with E-state index in [2.05, 4.69) is 25.1 Å². The molecule has 3 heterocycles. The Kier molecular flexibility index (Phi) is 4.94. The summed E-state index contributed by atoms with van der Waals surface area (Å²) in [5.74, 6) is 2.09. The van der Waals surface area contributed by atoms with Crippen molar-refractivity contribution < 1.29 is 4.74 Å². The zero-order valence-electron chi connectivity index (χ0n) is 15.9. The van der Waals surface area contributed by atoms with Gasteiger partial charge in [0.25, 0.3) is 5.56 Å². The summed E-state index contributed by atoms with van der Waals surface area (Å²) in [5.41, 5.74) is 1.83. The maximum atomic E-state index is 12.5. The molecule has 0 saturated heterocycles. The van der Waals surface area contributed by atoms with Crippen molar-refractivity contribution in [2.45, 2.75) is 31.2 Å². The standard InChI is InChI=1S/C19H19N5O2S2/c1-9-10(2)27-18-14(9)17(25)20-15(21-18)11(3)28-19-22-16(23-24-19)12-5-7-13(26-4)8-6-12/h5-8,11H,1-4H3,(H,20,21,25)(H,22,23,24)/t11-/m0/s1. The van der Waals surface area contributed by atoms with Gasteiger partial charge in [0.2, 0.25) is 5.16 Å². The Morgan fingerprint density at radius 3 is 2.64 bits per heavy atom. The van der Waals surface area contributed by atoms with E-state index in [1.165, 1.54) is 11.8 Å². The molecule has 0 radical (unpaired) electrons. The van der Waals surface area contributed by atoms with Gasteiger partial charge in [-0.1, -0.05) is 11.8 Å². The number of nitrogens with one attached hydrogen (secondary N) is 2. The van der Waals surface area contributed by atoms with E-state index in [9.17, 15) is 4.79 Å². The number of thioether (sulfide) groups is 1. The molecule has 28 heavy (non-hydrogen) atoms. The highest BCUT2D eigenvalue weighted by atomic mass is 32.2.